The lowest BCUT2D eigenvalue weighted by molar-refractivity contribution is -0.0292. The molecule has 1 fully saturated rings. The summed E-state index contributed by atoms with van der Waals surface area (Å²) in [6.45, 7) is 8.36. The van der Waals surface area contributed by atoms with Crippen LogP contribution in [0.5, 0.6) is 0 Å². The van der Waals surface area contributed by atoms with E-state index in [0.717, 1.165) is 34.6 Å². The fourth-order valence-electron chi connectivity index (χ4n) is 2.57. The lowest BCUT2D eigenvalue weighted by Crippen LogP contribution is -2.41. The van der Waals surface area contributed by atoms with E-state index in [0.29, 0.717) is 5.92 Å². The Kier molecular flexibility index (Phi) is 5.52. The van der Waals surface area contributed by atoms with Crippen LogP contribution in [0.3, 0.4) is 0 Å². The summed E-state index contributed by atoms with van der Waals surface area (Å²) in [6, 6.07) is 6.06. The van der Waals surface area contributed by atoms with Gasteiger partial charge in [0.05, 0.1) is 6.10 Å². The van der Waals surface area contributed by atoms with Crippen LogP contribution in [-0.2, 0) is 4.74 Å². The van der Waals surface area contributed by atoms with Crippen molar-refractivity contribution in [3.05, 3.63) is 33.3 Å². The van der Waals surface area contributed by atoms with Crippen LogP contribution < -0.4 is 5.32 Å². The van der Waals surface area contributed by atoms with Crippen LogP contribution in [0.15, 0.2) is 22.7 Å². The Balaban J connectivity index is 2.14. The summed E-state index contributed by atoms with van der Waals surface area (Å²) in [4.78, 5) is 0. The first-order valence-electron chi connectivity index (χ1n) is 7.18. The molecular formula is C16H23BrClNO. The molecule has 1 N–H and O–H groups in total. The zero-order valence-electron chi connectivity index (χ0n) is 12.4. The van der Waals surface area contributed by atoms with E-state index in [1.807, 2.05) is 12.1 Å². The summed E-state index contributed by atoms with van der Waals surface area (Å²) in [5.41, 5.74) is 1.24. The van der Waals surface area contributed by atoms with Gasteiger partial charge in [-0.2, -0.15) is 0 Å². The first-order chi connectivity index (χ1) is 9.37. The summed E-state index contributed by atoms with van der Waals surface area (Å²) >= 11 is 9.84. The summed E-state index contributed by atoms with van der Waals surface area (Å²) in [5.74, 6) is 0.474. The molecule has 2 nitrogen and oxygen atoms in total. The number of benzene rings is 1. The quantitative estimate of drug-likeness (QED) is 0.822. The first-order valence-corrected chi connectivity index (χ1v) is 8.35. The predicted octanol–water partition coefficient (Wildman–Crippen LogP) is 4.96. The third-order valence-corrected chi connectivity index (χ3v) is 4.43. The van der Waals surface area contributed by atoms with Crippen molar-refractivity contribution >= 4 is 27.5 Å². The molecule has 0 bridgehead atoms. The smallest absolute Gasteiger partial charge is 0.0879 e. The number of hydrogen-bond donors (Lipinski definition) is 1. The molecule has 0 amide bonds. The van der Waals surface area contributed by atoms with Crippen LogP contribution in [0.25, 0.3) is 0 Å². The van der Waals surface area contributed by atoms with Crippen LogP contribution in [-0.4, -0.2) is 18.7 Å². The van der Waals surface area contributed by atoms with Crippen molar-refractivity contribution in [3.63, 3.8) is 0 Å². The molecule has 112 valence electrons. The van der Waals surface area contributed by atoms with Gasteiger partial charge in [-0.05, 0) is 51.3 Å². The molecular weight excluding hydrogens is 338 g/mol. The fraction of sp³-hybridized carbons (Fsp3) is 0.625. The Labute approximate surface area is 135 Å². The predicted molar refractivity (Wildman–Crippen MR) is 88.3 cm³/mol. The molecule has 1 aliphatic heterocycles. The van der Waals surface area contributed by atoms with Gasteiger partial charge in [-0.1, -0.05) is 33.6 Å². The summed E-state index contributed by atoms with van der Waals surface area (Å²) in [7, 11) is 0. The third-order valence-electron chi connectivity index (χ3n) is 3.61. The van der Waals surface area contributed by atoms with Crippen LogP contribution in [0.1, 0.15) is 45.3 Å². The highest BCUT2D eigenvalue weighted by molar-refractivity contribution is 9.10. The van der Waals surface area contributed by atoms with Crippen molar-refractivity contribution in [2.75, 3.05) is 13.2 Å². The van der Waals surface area contributed by atoms with Gasteiger partial charge in [0.25, 0.3) is 0 Å². The minimum Gasteiger partial charge on any atom is -0.373 e. The van der Waals surface area contributed by atoms with Gasteiger partial charge in [0.15, 0.2) is 0 Å². The van der Waals surface area contributed by atoms with E-state index in [-0.39, 0.29) is 11.6 Å². The molecule has 0 radical (unpaired) electrons. The van der Waals surface area contributed by atoms with E-state index in [9.17, 15) is 0 Å². The van der Waals surface area contributed by atoms with Crippen LogP contribution in [0, 0.1) is 5.92 Å². The maximum absolute atomic E-state index is 6.39. The van der Waals surface area contributed by atoms with Gasteiger partial charge in [0.1, 0.15) is 0 Å². The highest BCUT2D eigenvalue weighted by Gasteiger charge is 2.29. The highest BCUT2D eigenvalue weighted by Crippen LogP contribution is 2.37. The topological polar surface area (TPSA) is 21.3 Å². The Hall–Kier alpha value is -0.0900. The Morgan fingerprint density at radius 3 is 2.80 bits per heavy atom. The highest BCUT2D eigenvalue weighted by atomic mass is 79.9. The van der Waals surface area contributed by atoms with Gasteiger partial charge in [0.2, 0.25) is 0 Å². The molecule has 1 aromatic carbocycles. The van der Waals surface area contributed by atoms with Crippen molar-refractivity contribution < 1.29 is 4.74 Å². The van der Waals surface area contributed by atoms with E-state index in [2.05, 4.69) is 48.1 Å². The fourth-order valence-corrected chi connectivity index (χ4v) is 3.35. The molecule has 0 aromatic heterocycles. The van der Waals surface area contributed by atoms with Crippen molar-refractivity contribution in [2.24, 2.45) is 5.92 Å². The number of nitrogens with one attached hydrogen (secondary N) is 1. The molecule has 1 saturated heterocycles. The van der Waals surface area contributed by atoms with Crippen LogP contribution >= 0.6 is 27.5 Å². The molecule has 1 heterocycles. The van der Waals surface area contributed by atoms with Gasteiger partial charge in [-0.3, -0.25) is 0 Å². The SMILES string of the molecule is CC(C)(C)NCC1CCCOC1c1ccc(Br)cc1Cl. The zero-order valence-corrected chi connectivity index (χ0v) is 14.7. The number of rotatable bonds is 3. The second-order valence-electron chi connectivity index (χ2n) is 6.49. The Bertz CT molecular complexity index is 458. The first kappa shape index (κ1) is 16.3. The number of hydrogen-bond acceptors (Lipinski definition) is 2. The van der Waals surface area contributed by atoms with Crippen LogP contribution in [0.2, 0.25) is 5.02 Å². The second kappa shape index (κ2) is 6.78. The lowest BCUT2D eigenvalue weighted by Gasteiger charge is -2.35. The maximum atomic E-state index is 6.39. The van der Waals surface area contributed by atoms with E-state index in [1.165, 1.54) is 6.42 Å². The monoisotopic (exact) mass is 359 g/mol. The van der Waals surface area contributed by atoms with Gasteiger partial charge in [0, 0.05) is 34.1 Å². The molecule has 0 aliphatic carbocycles. The molecule has 20 heavy (non-hydrogen) atoms. The van der Waals surface area contributed by atoms with Crippen molar-refractivity contribution in [1.82, 2.24) is 5.32 Å². The second-order valence-corrected chi connectivity index (χ2v) is 7.81. The molecule has 1 aliphatic rings. The largest absolute Gasteiger partial charge is 0.373 e. The molecule has 0 saturated carbocycles. The average molecular weight is 361 g/mol. The molecule has 1 aromatic rings. The Morgan fingerprint density at radius 2 is 2.15 bits per heavy atom. The lowest BCUT2D eigenvalue weighted by atomic mass is 9.88. The van der Waals surface area contributed by atoms with Gasteiger partial charge in [-0.25, -0.2) is 0 Å². The molecule has 4 heteroatoms. The van der Waals surface area contributed by atoms with Crippen LogP contribution in [0.4, 0.5) is 0 Å². The number of ether oxygens (including phenoxy) is 1. The standard InChI is InChI=1S/C16H23BrClNO/c1-16(2,3)19-10-11-5-4-8-20-15(11)13-7-6-12(17)9-14(13)18/h6-7,9,11,15,19H,4-5,8,10H2,1-3H3. The zero-order chi connectivity index (χ0) is 14.8. The van der Waals surface area contributed by atoms with Gasteiger partial charge >= 0.3 is 0 Å². The van der Waals surface area contributed by atoms with E-state index in [4.69, 9.17) is 16.3 Å². The summed E-state index contributed by atoms with van der Waals surface area (Å²) in [6.07, 6.45) is 2.40. The maximum Gasteiger partial charge on any atom is 0.0879 e. The van der Waals surface area contributed by atoms with E-state index >= 15 is 0 Å². The molecule has 2 rings (SSSR count). The summed E-state index contributed by atoms with van der Waals surface area (Å²) < 4.78 is 7.03. The summed E-state index contributed by atoms with van der Waals surface area (Å²) in [5, 5.41) is 4.37. The van der Waals surface area contributed by atoms with Crippen molar-refractivity contribution in [1.29, 1.82) is 0 Å². The van der Waals surface area contributed by atoms with Gasteiger partial charge < -0.3 is 10.1 Å². The third kappa shape index (κ3) is 4.45. The molecule has 2 unspecified atom stereocenters. The molecule has 2 atom stereocenters. The van der Waals surface area contributed by atoms with Gasteiger partial charge in [-0.15, -0.1) is 0 Å². The Morgan fingerprint density at radius 1 is 1.40 bits per heavy atom. The van der Waals surface area contributed by atoms with E-state index in [1.54, 1.807) is 0 Å². The van der Waals surface area contributed by atoms with E-state index < -0.39 is 0 Å². The average Bonchev–Trinajstić information content (AvgIpc) is 2.36. The number of halogens is 2. The normalized spacial score (nSPS) is 23.9. The van der Waals surface area contributed by atoms with Crippen molar-refractivity contribution in [2.45, 2.75) is 45.3 Å². The molecule has 0 spiro atoms. The minimum atomic E-state index is 0.0965. The van der Waals surface area contributed by atoms with Crippen molar-refractivity contribution in [3.8, 4) is 0 Å². The minimum absolute atomic E-state index is 0.0965.